The second-order valence-corrected chi connectivity index (χ2v) is 5.33. The van der Waals surface area contributed by atoms with Crippen LogP contribution in [0.25, 0.3) is 4.96 Å². The van der Waals surface area contributed by atoms with E-state index in [-0.39, 0.29) is 11.5 Å². The first-order valence-electron chi connectivity index (χ1n) is 5.91. The van der Waals surface area contributed by atoms with Gasteiger partial charge in [-0.3, -0.25) is 14.0 Å². The first-order chi connectivity index (χ1) is 9.11. The van der Waals surface area contributed by atoms with Crippen LogP contribution in [-0.2, 0) is 11.2 Å². The third-order valence-electron chi connectivity index (χ3n) is 2.63. The Morgan fingerprint density at radius 1 is 1.58 bits per heavy atom. The van der Waals surface area contributed by atoms with Gasteiger partial charge in [0.1, 0.15) is 0 Å². The van der Waals surface area contributed by atoms with Gasteiger partial charge in [-0.15, -0.1) is 22.9 Å². The molecular formula is C12H14ClN3O2S. The molecule has 5 nitrogen and oxygen atoms in total. The summed E-state index contributed by atoms with van der Waals surface area (Å²) < 4.78 is 1.59. The highest BCUT2D eigenvalue weighted by atomic mass is 35.5. The summed E-state index contributed by atoms with van der Waals surface area (Å²) in [6.45, 7) is 2.29. The number of hydrogen-bond acceptors (Lipinski definition) is 4. The Bertz CT molecular complexity index is 650. The van der Waals surface area contributed by atoms with Crippen molar-refractivity contribution in [1.82, 2.24) is 14.7 Å². The lowest BCUT2D eigenvalue weighted by Gasteiger charge is -2.04. The lowest BCUT2D eigenvalue weighted by molar-refractivity contribution is -0.120. The summed E-state index contributed by atoms with van der Waals surface area (Å²) in [5.41, 5.74) is 1.50. The summed E-state index contributed by atoms with van der Waals surface area (Å²) in [6.07, 6.45) is 0.908. The number of aryl methyl sites for hydroxylation is 1. The van der Waals surface area contributed by atoms with E-state index >= 15 is 0 Å². The maximum Gasteiger partial charge on any atom is 0.258 e. The zero-order chi connectivity index (χ0) is 13.8. The smallest absolute Gasteiger partial charge is 0.258 e. The molecule has 0 aliphatic heterocycles. The van der Waals surface area contributed by atoms with Gasteiger partial charge in [0.2, 0.25) is 5.91 Å². The SMILES string of the molecule is Cc1cc(=O)n2c(CCNC(=O)CCCl)csc2n1. The van der Waals surface area contributed by atoms with Gasteiger partial charge < -0.3 is 5.32 Å². The normalized spacial score (nSPS) is 10.8. The Kier molecular flexibility index (Phi) is 4.55. The van der Waals surface area contributed by atoms with Crippen molar-refractivity contribution in [2.75, 3.05) is 12.4 Å². The molecule has 102 valence electrons. The monoisotopic (exact) mass is 299 g/mol. The number of halogens is 1. The van der Waals surface area contributed by atoms with E-state index in [1.807, 2.05) is 5.38 Å². The van der Waals surface area contributed by atoms with E-state index in [9.17, 15) is 9.59 Å². The zero-order valence-corrected chi connectivity index (χ0v) is 12.1. The first kappa shape index (κ1) is 14.0. The van der Waals surface area contributed by atoms with Gasteiger partial charge in [0, 0.05) is 48.1 Å². The molecule has 0 unspecified atom stereocenters. The van der Waals surface area contributed by atoms with Gasteiger partial charge in [-0.05, 0) is 6.92 Å². The number of hydrogen-bond donors (Lipinski definition) is 1. The Morgan fingerprint density at radius 3 is 3.11 bits per heavy atom. The average molecular weight is 300 g/mol. The van der Waals surface area contributed by atoms with Crippen molar-refractivity contribution in [3.8, 4) is 0 Å². The number of carbonyl (C=O) groups excluding carboxylic acids is 1. The van der Waals surface area contributed by atoms with E-state index in [1.54, 1.807) is 11.3 Å². The first-order valence-corrected chi connectivity index (χ1v) is 7.32. The molecule has 1 N–H and O–H groups in total. The lowest BCUT2D eigenvalue weighted by atomic mass is 10.3. The van der Waals surface area contributed by atoms with Crippen molar-refractivity contribution in [3.05, 3.63) is 33.2 Å². The van der Waals surface area contributed by atoms with Crippen LogP contribution >= 0.6 is 22.9 Å². The van der Waals surface area contributed by atoms with Gasteiger partial charge in [0.05, 0.1) is 0 Å². The van der Waals surface area contributed by atoms with Gasteiger partial charge in [0.15, 0.2) is 4.96 Å². The van der Waals surface area contributed by atoms with E-state index in [1.165, 1.54) is 17.4 Å². The van der Waals surface area contributed by atoms with Crippen LogP contribution in [0.1, 0.15) is 17.8 Å². The summed E-state index contributed by atoms with van der Waals surface area (Å²) in [5.74, 6) is 0.242. The Morgan fingerprint density at radius 2 is 2.37 bits per heavy atom. The fraction of sp³-hybridized carbons (Fsp3) is 0.417. The third kappa shape index (κ3) is 3.33. The predicted molar refractivity (Wildman–Crippen MR) is 76.1 cm³/mol. The number of amides is 1. The number of aromatic nitrogens is 2. The second-order valence-electron chi connectivity index (χ2n) is 4.12. The fourth-order valence-electron chi connectivity index (χ4n) is 1.76. The topological polar surface area (TPSA) is 63.5 Å². The van der Waals surface area contributed by atoms with Crippen molar-refractivity contribution in [2.24, 2.45) is 0 Å². The molecule has 2 aromatic heterocycles. The van der Waals surface area contributed by atoms with Crippen molar-refractivity contribution in [1.29, 1.82) is 0 Å². The molecule has 0 aliphatic carbocycles. The molecule has 0 fully saturated rings. The van der Waals surface area contributed by atoms with Crippen LogP contribution in [0.2, 0.25) is 0 Å². The lowest BCUT2D eigenvalue weighted by Crippen LogP contribution is -2.26. The zero-order valence-electron chi connectivity index (χ0n) is 10.5. The minimum absolute atomic E-state index is 0.0733. The standard InChI is InChI=1S/C12H14ClN3O2S/c1-8-6-11(18)16-9(7-19-12(16)15-8)3-5-14-10(17)2-4-13/h6-7H,2-5H2,1H3,(H,14,17). The molecule has 0 aromatic carbocycles. The van der Waals surface area contributed by atoms with Crippen molar-refractivity contribution in [3.63, 3.8) is 0 Å². The fourth-order valence-corrected chi connectivity index (χ4v) is 2.91. The van der Waals surface area contributed by atoms with Gasteiger partial charge in [0.25, 0.3) is 5.56 Å². The van der Waals surface area contributed by atoms with Gasteiger partial charge in [-0.25, -0.2) is 4.98 Å². The average Bonchev–Trinajstić information content (AvgIpc) is 2.72. The molecule has 0 bridgehead atoms. The number of rotatable bonds is 5. The molecule has 1 amide bonds. The van der Waals surface area contributed by atoms with Gasteiger partial charge >= 0.3 is 0 Å². The molecule has 0 saturated carbocycles. The Hall–Kier alpha value is -1.40. The number of carbonyl (C=O) groups is 1. The Balaban J connectivity index is 2.10. The maximum absolute atomic E-state index is 11.9. The molecule has 2 rings (SSSR count). The minimum Gasteiger partial charge on any atom is -0.356 e. The van der Waals surface area contributed by atoms with E-state index in [0.717, 1.165) is 5.69 Å². The molecule has 0 aliphatic rings. The van der Waals surface area contributed by atoms with E-state index < -0.39 is 0 Å². The molecule has 19 heavy (non-hydrogen) atoms. The van der Waals surface area contributed by atoms with Gasteiger partial charge in [-0.2, -0.15) is 0 Å². The molecular weight excluding hydrogens is 286 g/mol. The summed E-state index contributed by atoms with van der Waals surface area (Å²) in [6, 6.07) is 1.51. The highest BCUT2D eigenvalue weighted by Gasteiger charge is 2.08. The van der Waals surface area contributed by atoms with E-state index in [0.29, 0.717) is 35.9 Å². The Labute approximate surface area is 119 Å². The highest BCUT2D eigenvalue weighted by Crippen LogP contribution is 2.12. The number of fused-ring (bicyclic) bond motifs is 1. The molecule has 2 aromatic rings. The van der Waals surface area contributed by atoms with Gasteiger partial charge in [-0.1, -0.05) is 0 Å². The van der Waals surface area contributed by atoms with Crippen LogP contribution in [0, 0.1) is 6.92 Å². The van der Waals surface area contributed by atoms with Crippen LogP contribution in [-0.4, -0.2) is 27.7 Å². The number of thiazole rings is 1. The largest absolute Gasteiger partial charge is 0.356 e. The van der Waals surface area contributed by atoms with E-state index in [4.69, 9.17) is 11.6 Å². The molecule has 0 spiro atoms. The van der Waals surface area contributed by atoms with Crippen LogP contribution in [0.3, 0.4) is 0 Å². The predicted octanol–water partition coefficient (Wildman–Crippen LogP) is 1.35. The summed E-state index contributed by atoms with van der Waals surface area (Å²) in [4.78, 5) is 28.2. The van der Waals surface area contributed by atoms with Crippen LogP contribution in [0.4, 0.5) is 0 Å². The third-order valence-corrected chi connectivity index (χ3v) is 3.69. The van der Waals surface area contributed by atoms with Crippen molar-refractivity contribution >= 4 is 33.8 Å². The molecule has 0 saturated heterocycles. The number of nitrogens with zero attached hydrogens (tertiary/aromatic N) is 2. The second kappa shape index (κ2) is 6.16. The summed E-state index contributed by atoms with van der Waals surface area (Å²) in [7, 11) is 0. The molecule has 0 atom stereocenters. The quantitative estimate of drug-likeness (QED) is 0.848. The summed E-state index contributed by atoms with van der Waals surface area (Å²) >= 11 is 6.91. The van der Waals surface area contributed by atoms with Crippen LogP contribution in [0.5, 0.6) is 0 Å². The minimum atomic E-state index is -0.0779. The molecule has 2 heterocycles. The summed E-state index contributed by atoms with van der Waals surface area (Å²) in [5, 5.41) is 4.66. The number of nitrogens with one attached hydrogen (secondary N) is 1. The van der Waals surface area contributed by atoms with Crippen molar-refractivity contribution in [2.45, 2.75) is 19.8 Å². The maximum atomic E-state index is 11.9. The molecule has 7 heteroatoms. The van der Waals surface area contributed by atoms with E-state index in [2.05, 4.69) is 10.3 Å². The number of alkyl halides is 1. The van der Waals surface area contributed by atoms with Crippen LogP contribution in [0.15, 0.2) is 16.2 Å². The van der Waals surface area contributed by atoms with Crippen LogP contribution < -0.4 is 10.9 Å². The van der Waals surface area contributed by atoms with Crippen molar-refractivity contribution < 1.29 is 4.79 Å². The highest BCUT2D eigenvalue weighted by molar-refractivity contribution is 7.15. The molecule has 0 radical (unpaired) electrons.